The van der Waals surface area contributed by atoms with Gasteiger partial charge in [-0.25, -0.2) is 0 Å². The second-order valence-corrected chi connectivity index (χ2v) is 5.48. The maximum absolute atomic E-state index is 11.7. The normalized spacial score (nSPS) is 18.1. The van der Waals surface area contributed by atoms with Crippen molar-refractivity contribution in [3.63, 3.8) is 0 Å². The average Bonchev–Trinajstić information content (AvgIpc) is 2.32. The molecule has 1 amide bonds. The molecule has 18 heavy (non-hydrogen) atoms. The molecule has 1 N–H and O–H groups in total. The Balaban J connectivity index is 2.21. The molecule has 2 rings (SSSR count). The van der Waals surface area contributed by atoms with Gasteiger partial charge in [0.2, 0.25) is 5.91 Å². The van der Waals surface area contributed by atoms with E-state index >= 15 is 0 Å². The Kier molecular flexibility index (Phi) is 3.92. The van der Waals surface area contributed by atoms with Crippen LogP contribution in [0.25, 0.3) is 0 Å². The number of amides is 1. The molecular weight excluding hydrogens is 296 g/mol. The van der Waals surface area contributed by atoms with E-state index in [0.717, 1.165) is 28.8 Å². The Morgan fingerprint density at radius 1 is 1.39 bits per heavy atom. The lowest BCUT2D eigenvalue weighted by atomic mass is 10.1. The lowest BCUT2D eigenvalue weighted by molar-refractivity contribution is -0.129. The van der Waals surface area contributed by atoms with Gasteiger partial charge in [0.05, 0.1) is 18.3 Å². The van der Waals surface area contributed by atoms with E-state index in [-0.39, 0.29) is 5.91 Å². The molecule has 5 heteroatoms. The van der Waals surface area contributed by atoms with Crippen LogP contribution in [-0.2, 0) is 4.79 Å². The zero-order chi connectivity index (χ0) is 13.3. The Bertz CT molecular complexity index is 462. The molecule has 1 aliphatic heterocycles. The number of likely N-dealkylation sites (N-methyl/N-ethyl adjacent to an activating group) is 1. The van der Waals surface area contributed by atoms with Crippen molar-refractivity contribution in [3.8, 4) is 0 Å². The van der Waals surface area contributed by atoms with Gasteiger partial charge in [-0.1, -0.05) is 6.07 Å². The summed E-state index contributed by atoms with van der Waals surface area (Å²) in [6.07, 6.45) is -0.482. The number of halogens is 1. The molecule has 98 valence electrons. The van der Waals surface area contributed by atoms with Gasteiger partial charge in [0.15, 0.2) is 0 Å². The minimum absolute atomic E-state index is 0.132. The molecule has 0 saturated carbocycles. The first-order chi connectivity index (χ1) is 8.49. The number of aliphatic hydroxyl groups excluding tert-OH is 1. The van der Waals surface area contributed by atoms with Gasteiger partial charge in [-0.3, -0.25) is 4.79 Å². The highest BCUT2D eigenvalue weighted by atomic mass is 79.9. The summed E-state index contributed by atoms with van der Waals surface area (Å²) < 4.78 is 0.915. The monoisotopic (exact) mass is 312 g/mol. The van der Waals surface area contributed by atoms with Gasteiger partial charge in [-0.2, -0.15) is 0 Å². The SMILES string of the molecule is C[C@@H](O)c1ccc(N2CCN(C)C(=O)C2)c(Br)c1. The van der Waals surface area contributed by atoms with E-state index < -0.39 is 6.10 Å². The third-order valence-corrected chi connectivity index (χ3v) is 3.89. The highest BCUT2D eigenvalue weighted by molar-refractivity contribution is 9.10. The number of nitrogens with zero attached hydrogens (tertiary/aromatic N) is 2. The molecule has 1 atom stereocenters. The maximum atomic E-state index is 11.7. The molecule has 1 aromatic carbocycles. The van der Waals surface area contributed by atoms with E-state index in [2.05, 4.69) is 20.8 Å². The summed E-state index contributed by atoms with van der Waals surface area (Å²) in [5.74, 6) is 0.132. The minimum atomic E-state index is -0.482. The Hall–Kier alpha value is -1.07. The molecule has 1 fully saturated rings. The lowest BCUT2D eigenvalue weighted by Gasteiger charge is -2.34. The van der Waals surface area contributed by atoms with Crippen LogP contribution in [0.15, 0.2) is 22.7 Å². The standard InChI is InChI=1S/C13H17BrN2O2/c1-9(17)10-3-4-12(11(14)7-10)16-6-5-15(2)13(18)8-16/h3-4,7,9,17H,5-6,8H2,1-2H3/t9-/m1/s1. The molecule has 0 bridgehead atoms. The van der Waals surface area contributed by atoms with E-state index in [9.17, 15) is 9.90 Å². The van der Waals surface area contributed by atoms with E-state index in [4.69, 9.17) is 0 Å². The van der Waals surface area contributed by atoms with Crippen LogP contribution < -0.4 is 4.90 Å². The van der Waals surface area contributed by atoms with Gasteiger partial charge in [0, 0.05) is 24.6 Å². The second-order valence-electron chi connectivity index (χ2n) is 4.62. The number of hydrogen-bond donors (Lipinski definition) is 1. The van der Waals surface area contributed by atoms with Gasteiger partial charge in [0.1, 0.15) is 0 Å². The second kappa shape index (κ2) is 5.28. The predicted octanol–water partition coefficient (Wildman–Crippen LogP) is 1.78. The van der Waals surface area contributed by atoms with Crippen LogP contribution >= 0.6 is 15.9 Å². The van der Waals surface area contributed by atoms with E-state index in [1.54, 1.807) is 11.8 Å². The Morgan fingerprint density at radius 3 is 2.67 bits per heavy atom. The van der Waals surface area contributed by atoms with Crippen molar-refractivity contribution in [2.24, 2.45) is 0 Å². The molecular formula is C13H17BrN2O2. The fraction of sp³-hybridized carbons (Fsp3) is 0.462. The van der Waals surface area contributed by atoms with Gasteiger partial charge >= 0.3 is 0 Å². The Morgan fingerprint density at radius 2 is 2.11 bits per heavy atom. The molecule has 1 aromatic rings. The third-order valence-electron chi connectivity index (χ3n) is 3.25. The molecule has 1 aliphatic rings. The highest BCUT2D eigenvalue weighted by Gasteiger charge is 2.22. The quantitative estimate of drug-likeness (QED) is 0.905. The van der Waals surface area contributed by atoms with Crippen LogP contribution in [0.2, 0.25) is 0 Å². The molecule has 0 aromatic heterocycles. The molecule has 4 nitrogen and oxygen atoms in total. The molecule has 1 saturated heterocycles. The maximum Gasteiger partial charge on any atom is 0.241 e. The van der Waals surface area contributed by atoms with Crippen LogP contribution in [0.4, 0.5) is 5.69 Å². The summed E-state index contributed by atoms with van der Waals surface area (Å²) in [5, 5.41) is 9.53. The number of anilines is 1. The van der Waals surface area contributed by atoms with Crippen LogP contribution in [0, 0.1) is 0 Å². The molecule has 0 unspecified atom stereocenters. The number of rotatable bonds is 2. The zero-order valence-corrected chi connectivity index (χ0v) is 12.1. The number of piperazine rings is 1. The van der Waals surface area contributed by atoms with Crippen molar-refractivity contribution in [2.45, 2.75) is 13.0 Å². The van der Waals surface area contributed by atoms with E-state index in [1.165, 1.54) is 0 Å². The molecule has 1 heterocycles. The van der Waals surface area contributed by atoms with Crippen molar-refractivity contribution >= 4 is 27.5 Å². The summed E-state index contributed by atoms with van der Waals surface area (Å²) in [6.45, 7) is 3.71. The fourth-order valence-corrected chi connectivity index (χ4v) is 2.65. The van der Waals surface area contributed by atoms with E-state index in [1.807, 2.05) is 25.2 Å². The first-order valence-electron chi connectivity index (χ1n) is 5.95. The van der Waals surface area contributed by atoms with Gasteiger partial charge in [-0.15, -0.1) is 0 Å². The summed E-state index contributed by atoms with van der Waals surface area (Å²) in [7, 11) is 1.82. The van der Waals surface area contributed by atoms with Crippen LogP contribution in [0.5, 0.6) is 0 Å². The zero-order valence-electron chi connectivity index (χ0n) is 10.6. The van der Waals surface area contributed by atoms with Crippen LogP contribution in [0.1, 0.15) is 18.6 Å². The van der Waals surface area contributed by atoms with Crippen molar-refractivity contribution < 1.29 is 9.90 Å². The van der Waals surface area contributed by atoms with Gasteiger partial charge in [-0.05, 0) is 40.5 Å². The molecule has 0 aliphatic carbocycles. The van der Waals surface area contributed by atoms with Gasteiger partial charge in [0.25, 0.3) is 0 Å². The third kappa shape index (κ3) is 2.67. The van der Waals surface area contributed by atoms with Crippen molar-refractivity contribution in [3.05, 3.63) is 28.2 Å². The van der Waals surface area contributed by atoms with Crippen LogP contribution in [-0.4, -0.2) is 42.6 Å². The number of aliphatic hydroxyl groups is 1. The number of hydrogen-bond acceptors (Lipinski definition) is 3. The summed E-state index contributed by atoms with van der Waals surface area (Å²) >= 11 is 3.51. The number of carbonyl (C=O) groups excluding carboxylic acids is 1. The topological polar surface area (TPSA) is 43.8 Å². The summed E-state index contributed by atoms with van der Waals surface area (Å²) in [4.78, 5) is 15.5. The first-order valence-corrected chi connectivity index (χ1v) is 6.75. The summed E-state index contributed by atoms with van der Waals surface area (Å²) in [5.41, 5.74) is 1.87. The van der Waals surface area contributed by atoms with Crippen LogP contribution in [0.3, 0.4) is 0 Å². The smallest absolute Gasteiger partial charge is 0.241 e. The first kappa shape index (κ1) is 13.4. The number of benzene rings is 1. The fourth-order valence-electron chi connectivity index (χ4n) is 2.00. The largest absolute Gasteiger partial charge is 0.389 e. The highest BCUT2D eigenvalue weighted by Crippen LogP contribution is 2.30. The average molecular weight is 313 g/mol. The number of carbonyl (C=O) groups is 1. The summed E-state index contributed by atoms with van der Waals surface area (Å²) in [6, 6.07) is 5.75. The van der Waals surface area contributed by atoms with Crippen molar-refractivity contribution in [2.75, 3.05) is 31.6 Å². The predicted molar refractivity (Wildman–Crippen MR) is 74.6 cm³/mol. The minimum Gasteiger partial charge on any atom is -0.389 e. The molecule has 0 radical (unpaired) electrons. The molecule has 0 spiro atoms. The van der Waals surface area contributed by atoms with E-state index in [0.29, 0.717) is 6.54 Å². The Labute approximate surface area is 115 Å². The van der Waals surface area contributed by atoms with Gasteiger partial charge < -0.3 is 14.9 Å². The lowest BCUT2D eigenvalue weighted by Crippen LogP contribution is -2.48. The van der Waals surface area contributed by atoms with Crippen molar-refractivity contribution in [1.29, 1.82) is 0 Å². The van der Waals surface area contributed by atoms with Crippen molar-refractivity contribution in [1.82, 2.24) is 4.90 Å².